The van der Waals surface area contributed by atoms with E-state index in [-0.39, 0.29) is 44.0 Å². The summed E-state index contributed by atoms with van der Waals surface area (Å²) in [7, 11) is 0. The smallest absolute Gasteiger partial charge is 0.309 e. The molecule has 0 aromatic rings. The Morgan fingerprint density at radius 2 is 1.54 bits per heavy atom. The Labute approximate surface area is 209 Å². The second-order valence-corrected chi connectivity index (χ2v) is 14.3. The highest BCUT2D eigenvalue weighted by Gasteiger charge is 2.93. The lowest BCUT2D eigenvalue weighted by Gasteiger charge is -2.64. The first kappa shape index (κ1) is 23.3. The summed E-state index contributed by atoms with van der Waals surface area (Å²) in [6.45, 7) is 15.9. The molecule has 188 valence electrons. The molecule has 2 spiro atoms. The van der Waals surface area contributed by atoms with Gasteiger partial charge in [0, 0.05) is 11.0 Å². The number of fused-ring (bicyclic) bond motifs is 4. The highest BCUT2D eigenvalue weighted by atomic mass is 16.4. The van der Waals surface area contributed by atoms with Gasteiger partial charge in [-0.1, -0.05) is 52.3 Å². The highest BCUT2D eigenvalue weighted by Crippen LogP contribution is 2.99. The lowest BCUT2D eigenvalue weighted by Crippen LogP contribution is -2.56. The predicted octanol–water partition coefficient (Wildman–Crippen LogP) is 7.09. The van der Waals surface area contributed by atoms with Crippen molar-refractivity contribution < 1.29 is 19.8 Å². The molecule has 4 nitrogen and oxygen atoms in total. The average molecular weight is 477 g/mol. The normalized spacial score (nSPS) is 49.3. The maximum atomic E-state index is 12.7. The van der Waals surface area contributed by atoms with Crippen LogP contribution in [0.15, 0.2) is 46.3 Å². The maximum absolute atomic E-state index is 12.7. The van der Waals surface area contributed by atoms with Gasteiger partial charge in [-0.2, -0.15) is 0 Å². The van der Waals surface area contributed by atoms with Gasteiger partial charge in [0.1, 0.15) is 0 Å². The van der Waals surface area contributed by atoms with E-state index in [2.05, 4.69) is 46.8 Å². The Balaban J connectivity index is 1.56. The summed E-state index contributed by atoms with van der Waals surface area (Å²) in [5, 5.41) is 20.6. The van der Waals surface area contributed by atoms with E-state index in [1.54, 1.807) is 6.08 Å². The van der Waals surface area contributed by atoms with Gasteiger partial charge < -0.3 is 10.2 Å². The molecule has 0 aromatic carbocycles. The van der Waals surface area contributed by atoms with Gasteiger partial charge in [0.15, 0.2) is 5.76 Å². The molecule has 6 aliphatic rings. The third-order valence-electron chi connectivity index (χ3n) is 13.1. The van der Waals surface area contributed by atoms with E-state index in [9.17, 15) is 19.8 Å². The summed E-state index contributed by atoms with van der Waals surface area (Å²) >= 11 is 0. The van der Waals surface area contributed by atoms with Gasteiger partial charge in [-0.25, -0.2) is 0 Å². The molecule has 0 saturated heterocycles. The predicted molar refractivity (Wildman–Crippen MR) is 136 cm³/mol. The van der Waals surface area contributed by atoms with Crippen molar-refractivity contribution in [2.75, 3.05) is 0 Å². The molecule has 4 heteroatoms. The summed E-state index contributed by atoms with van der Waals surface area (Å²) in [6, 6.07) is 0. The van der Waals surface area contributed by atoms with Crippen LogP contribution in [0.1, 0.15) is 93.4 Å². The second-order valence-electron chi connectivity index (χ2n) is 14.3. The van der Waals surface area contributed by atoms with Crippen molar-refractivity contribution in [2.45, 2.75) is 93.4 Å². The number of carboxylic acids is 1. The Hall–Kier alpha value is -2.10. The Bertz CT molecular complexity index is 1240. The van der Waals surface area contributed by atoms with Crippen molar-refractivity contribution in [1.29, 1.82) is 0 Å². The number of ketones is 1. The van der Waals surface area contributed by atoms with Gasteiger partial charge in [0.05, 0.1) is 5.41 Å². The first-order chi connectivity index (χ1) is 16.1. The van der Waals surface area contributed by atoms with Crippen LogP contribution in [-0.2, 0) is 9.59 Å². The van der Waals surface area contributed by atoms with Crippen molar-refractivity contribution >= 4 is 11.8 Å². The Morgan fingerprint density at radius 3 is 2.20 bits per heavy atom. The van der Waals surface area contributed by atoms with Crippen molar-refractivity contribution in [2.24, 2.45) is 37.9 Å². The topological polar surface area (TPSA) is 74.6 Å². The van der Waals surface area contributed by atoms with Gasteiger partial charge in [0.2, 0.25) is 5.78 Å². The molecule has 0 radical (unpaired) electrons. The molecule has 0 bridgehead atoms. The van der Waals surface area contributed by atoms with Gasteiger partial charge in [-0.05, 0) is 103 Å². The number of rotatable bonds is 1. The molecule has 6 rings (SSSR count). The number of carbonyl (C=O) groups excluding carboxylic acids is 1. The summed E-state index contributed by atoms with van der Waals surface area (Å²) < 4.78 is 0. The Kier molecular flexibility index (Phi) is 4.04. The van der Waals surface area contributed by atoms with Gasteiger partial charge in [-0.15, -0.1) is 0 Å². The third-order valence-corrected chi connectivity index (χ3v) is 13.1. The molecule has 0 aliphatic heterocycles. The van der Waals surface area contributed by atoms with Crippen molar-refractivity contribution in [3.63, 3.8) is 0 Å². The van der Waals surface area contributed by atoms with Gasteiger partial charge in [-0.3, -0.25) is 9.59 Å². The quantitative estimate of drug-likeness (QED) is 0.424. The molecule has 35 heavy (non-hydrogen) atoms. The standard InChI is InChI=1S/C31H40O4/c1-18-19-8-9-22-28(6,20(19)16-21(32)23(18)33)13-15-30-25(2,3)31(30)17-26(4,24(34)35)10-11-27(31,5)12-14-29(22,30)7/h8-9,16,33H,10-15,17H2,1-7H3,(H,34,35). The molecular weight excluding hydrogens is 436 g/mol. The zero-order valence-electron chi connectivity index (χ0n) is 22.4. The first-order valence-electron chi connectivity index (χ1n) is 13.4. The van der Waals surface area contributed by atoms with Crippen LogP contribution in [0.3, 0.4) is 0 Å². The summed E-state index contributed by atoms with van der Waals surface area (Å²) in [5.41, 5.74) is 3.38. The summed E-state index contributed by atoms with van der Waals surface area (Å²) in [6.07, 6.45) is 12.8. The molecule has 0 amide bonds. The fraction of sp³-hybridized carbons (Fsp3) is 0.677. The number of hydrogen-bond acceptors (Lipinski definition) is 3. The number of carboxylic acid groups (broad SMARTS) is 1. The third kappa shape index (κ3) is 2.09. The van der Waals surface area contributed by atoms with Crippen LogP contribution < -0.4 is 0 Å². The van der Waals surface area contributed by atoms with Crippen LogP contribution in [0.5, 0.6) is 0 Å². The van der Waals surface area contributed by atoms with E-state index >= 15 is 0 Å². The van der Waals surface area contributed by atoms with Crippen LogP contribution in [0.4, 0.5) is 0 Å². The minimum Gasteiger partial charge on any atom is -0.504 e. The molecular formula is C31H40O4. The van der Waals surface area contributed by atoms with Crippen LogP contribution in [0, 0.1) is 37.9 Å². The van der Waals surface area contributed by atoms with Crippen molar-refractivity contribution in [1.82, 2.24) is 0 Å². The fourth-order valence-corrected chi connectivity index (χ4v) is 11.4. The SMILES string of the molecule is CC1=C(O)C(=O)C=C2C1=CC=C1C2(C)CCC23C1(C)CCC1(C)CCC(C)(C(=O)O)CC12C3(C)C. The van der Waals surface area contributed by atoms with E-state index in [1.807, 2.05) is 13.8 Å². The lowest BCUT2D eigenvalue weighted by atomic mass is 9.39. The van der Waals surface area contributed by atoms with E-state index < -0.39 is 11.4 Å². The number of aliphatic hydroxyl groups excluding tert-OH is 1. The van der Waals surface area contributed by atoms with Crippen LogP contribution in [-0.4, -0.2) is 22.0 Å². The largest absolute Gasteiger partial charge is 0.504 e. The average Bonchev–Trinajstić information content (AvgIpc) is 3.22. The van der Waals surface area contributed by atoms with Gasteiger partial charge >= 0.3 is 5.97 Å². The second kappa shape index (κ2) is 6.06. The van der Waals surface area contributed by atoms with Crippen LogP contribution >= 0.6 is 0 Å². The van der Waals surface area contributed by atoms with Gasteiger partial charge in [0.25, 0.3) is 0 Å². The number of allylic oxidation sites excluding steroid dienone is 7. The number of carbonyl (C=O) groups is 2. The molecule has 4 fully saturated rings. The van der Waals surface area contributed by atoms with Crippen molar-refractivity contribution in [3.8, 4) is 0 Å². The number of aliphatic carboxylic acids is 1. The monoisotopic (exact) mass is 476 g/mol. The van der Waals surface area contributed by atoms with Crippen molar-refractivity contribution in [3.05, 3.63) is 46.3 Å². The maximum Gasteiger partial charge on any atom is 0.309 e. The molecule has 0 heterocycles. The molecule has 0 aromatic heterocycles. The van der Waals surface area contributed by atoms with E-state index in [4.69, 9.17) is 0 Å². The summed E-state index contributed by atoms with van der Waals surface area (Å²) in [4.78, 5) is 25.2. The van der Waals surface area contributed by atoms with Crippen LogP contribution in [0.2, 0.25) is 0 Å². The highest BCUT2D eigenvalue weighted by molar-refractivity contribution is 6.06. The lowest BCUT2D eigenvalue weighted by molar-refractivity contribution is -0.162. The molecule has 6 aliphatic carbocycles. The minimum atomic E-state index is -0.676. The molecule has 6 unspecified atom stereocenters. The molecule has 2 N–H and O–H groups in total. The van der Waals surface area contributed by atoms with Crippen LogP contribution in [0.25, 0.3) is 0 Å². The fourth-order valence-electron chi connectivity index (χ4n) is 11.4. The number of aliphatic hydroxyl groups is 1. The summed E-state index contributed by atoms with van der Waals surface area (Å²) in [5.74, 6) is -1.06. The molecule has 4 saturated carbocycles. The minimum absolute atomic E-state index is 0.0115. The Morgan fingerprint density at radius 1 is 0.886 bits per heavy atom. The van der Waals surface area contributed by atoms with E-state index in [0.29, 0.717) is 5.57 Å². The zero-order chi connectivity index (χ0) is 25.6. The zero-order valence-corrected chi connectivity index (χ0v) is 22.4. The van der Waals surface area contributed by atoms with E-state index in [0.717, 1.165) is 56.1 Å². The first-order valence-corrected chi connectivity index (χ1v) is 13.4. The molecule has 6 atom stereocenters. The van der Waals surface area contributed by atoms with E-state index in [1.165, 1.54) is 5.57 Å². The number of hydrogen-bond donors (Lipinski definition) is 2.